The second-order valence-corrected chi connectivity index (χ2v) is 13.1. The summed E-state index contributed by atoms with van der Waals surface area (Å²) in [6.07, 6.45) is 3.34. The molecule has 2 aromatic heterocycles. The van der Waals surface area contributed by atoms with E-state index in [9.17, 15) is 10.5 Å². The second-order valence-electron chi connectivity index (χ2n) is 13.1. The van der Waals surface area contributed by atoms with Crippen LogP contribution < -0.4 is 5.32 Å². The lowest BCUT2D eigenvalue weighted by Gasteiger charge is -2.22. The van der Waals surface area contributed by atoms with Gasteiger partial charge in [0.15, 0.2) is 5.82 Å². The third-order valence-corrected chi connectivity index (χ3v) is 10.5. The molecule has 0 atom stereocenters. The summed E-state index contributed by atoms with van der Waals surface area (Å²) in [6.45, 7) is 4.11. The molecule has 0 saturated heterocycles. The van der Waals surface area contributed by atoms with Crippen molar-refractivity contribution in [1.82, 2.24) is 9.13 Å². The van der Waals surface area contributed by atoms with Crippen LogP contribution in [-0.2, 0) is 0 Å². The zero-order valence-electron chi connectivity index (χ0n) is 28.7. The number of nitrogens with zero attached hydrogens (tertiary/aromatic N) is 4. The topological polar surface area (TPSA) is 69.5 Å². The molecule has 5 nitrogen and oxygen atoms in total. The van der Waals surface area contributed by atoms with Crippen molar-refractivity contribution < 1.29 is 4.39 Å². The highest BCUT2D eigenvalue weighted by molar-refractivity contribution is 6.20. The Kier molecular flexibility index (Phi) is 7.28. The van der Waals surface area contributed by atoms with Crippen molar-refractivity contribution in [1.29, 1.82) is 10.5 Å². The first kappa shape index (κ1) is 31.1. The van der Waals surface area contributed by atoms with E-state index < -0.39 is 5.82 Å². The second kappa shape index (κ2) is 12.2. The monoisotopic (exact) mass is 673 g/mol. The van der Waals surface area contributed by atoms with Crippen LogP contribution in [-0.4, -0.2) is 9.13 Å². The number of hydrogen-bond donors (Lipinski definition) is 1. The number of anilines is 1. The highest BCUT2D eigenvalue weighted by Gasteiger charge is 2.31. The fourth-order valence-corrected chi connectivity index (χ4v) is 8.03. The highest BCUT2D eigenvalue weighted by atomic mass is 19.1. The van der Waals surface area contributed by atoms with Crippen LogP contribution in [0.1, 0.15) is 37.8 Å². The van der Waals surface area contributed by atoms with Crippen LogP contribution in [0.15, 0.2) is 133 Å². The van der Waals surface area contributed by atoms with Crippen LogP contribution in [0.25, 0.3) is 76.5 Å². The number of halogens is 1. The molecular formula is C46H32FN5. The van der Waals surface area contributed by atoms with E-state index in [-0.39, 0.29) is 22.5 Å². The fraction of sp³-hybridized carbons (Fsp3) is 0.0870. The Bertz CT molecular complexity index is 3050. The summed E-state index contributed by atoms with van der Waals surface area (Å²) in [4.78, 5) is 0. The van der Waals surface area contributed by atoms with Gasteiger partial charge >= 0.3 is 0 Å². The van der Waals surface area contributed by atoms with Gasteiger partial charge in [-0.25, -0.2) is 4.39 Å². The molecule has 1 N–H and O–H groups in total. The van der Waals surface area contributed by atoms with E-state index >= 15 is 4.39 Å². The van der Waals surface area contributed by atoms with Crippen LogP contribution in [0.2, 0.25) is 0 Å². The van der Waals surface area contributed by atoms with Gasteiger partial charge in [0.25, 0.3) is 0 Å². The van der Waals surface area contributed by atoms with E-state index in [4.69, 9.17) is 0 Å². The van der Waals surface area contributed by atoms with Crippen LogP contribution in [0.5, 0.6) is 0 Å². The number of rotatable bonds is 6. The maximum absolute atomic E-state index is 17.9. The summed E-state index contributed by atoms with van der Waals surface area (Å²) < 4.78 is 21.8. The molecule has 0 amide bonds. The van der Waals surface area contributed by atoms with Gasteiger partial charge in [-0.3, -0.25) is 0 Å². The lowest BCUT2D eigenvalue weighted by atomic mass is 10.0. The summed E-state index contributed by atoms with van der Waals surface area (Å²) in [6, 6.07) is 45.2. The van der Waals surface area contributed by atoms with Crippen molar-refractivity contribution in [3.05, 3.63) is 150 Å². The van der Waals surface area contributed by atoms with Crippen molar-refractivity contribution in [2.24, 2.45) is 0 Å². The molecule has 52 heavy (non-hydrogen) atoms. The molecule has 0 saturated carbocycles. The van der Waals surface area contributed by atoms with Crippen LogP contribution in [0, 0.1) is 28.5 Å². The number of hydrogen-bond acceptors (Lipinski definition) is 3. The summed E-state index contributed by atoms with van der Waals surface area (Å²) in [5.74, 6) is -0.666. The average molecular weight is 674 g/mol. The molecule has 9 rings (SSSR count). The van der Waals surface area contributed by atoms with Gasteiger partial charge in [-0.05, 0) is 35.7 Å². The largest absolute Gasteiger partial charge is 0.358 e. The number of para-hydroxylation sites is 2. The van der Waals surface area contributed by atoms with Crippen molar-refractivity contribution in [3.63, 3.8) is 0 Å². The minimum Gasteiger partial charge on any atom is -0.358 e. The quantitative estimate of drug-likeness (QED) is 0.191. The van der Waals surface area contributed by atoms with E-state index in [1.165, 1.54) is 0 Å². The number of allylic oxidation sites excluding steroid dienone is 1. The zero-order chi connectivity index (χ0) is 35.5. The van der Waals surface area contributed by atoms with E-state index in [0.717, 1.165) is 83.6 Å². The Labute approximate surface area is 299 Å². The first-order chi connectivity index (χ1) is 25.6. The lowest BCUT2D eigenvalue weighted by molar-refractivity contribution is 0.623. The molecule has 7 aromatic carbocycles. The molecular weight excluding hydrogens is 642 g/mol. The molecule has 0 aliphatic heterocycles. The molecule has 0 radical (unpaired) electrons. The van der Waals surface area contributed by atoms with Gasteiger partial charge in [0.2, 0.25) is 0 Å². The molecule has 9 aromatic rings. The first-order valence-corrected chi connectivity index (χ1v) is 17.6. The van der Waals surface area contributed by atoms with E-state index in [1.807, 2.05) is 88.0 Å². The normalized spacial score (nSPS) is 11.5. The van der Waals surface area contributed by atoms with Gasteiger partial charge in [-0.15, -0.1) is 0 Å². The molecule has 0 unspecified atom stereocenters. The molecule has 0 aliphatic carbocycles. The van der Waals surface area contributed by atoms with Crippen LogP contribution >= 0.6 is 0 Å². The molecule has 0 bridgehead atoms. The maximum Gasteiger partial charge on any atom is 0.173 e. The van der Waals surface area contributed by atoms with Crippen molar-refractivity contribution in [3.8, 4) is 23.5 Å². The summed E-state index contributed by atoms with van der Waals surface area (Å²) in [5, 5.41) is 33.4. The molecule has 0 fully saturated rings. The molecule has 248 valence electrons. The Balaban J connectivity index is 1.55. The van der Waals surface area contributed by atoms with Gasteiger partial charge in [0, 0.05) is 38.5 Å². The molecule has 6 heteroatoms. The Morgan fingerprint density at radius 2 is 1.04 bits per heavy atom. The van der Waals surface area contributed by atoms with Gasteiger partial charge < -0.3 is 14.5 Å². The predicted octanol–water partition coefficient (Wildman–Crippen LogP) is 12.2. The van der Waals surface area contributed by atoms with E-state index in [0.29, 0.717) is 5.69 Å². The number of aromatic nitrogens is 2. The molecule has 2 heterocycles. The van der Waals surface area contributed by atoms with E-state index in [1.54, 1.807) is 6.20 Å². The summed E-state index contributed by atoms with van der Waals surface area (Å²) >= 11 is 0. The number of nitrogens with one attached hydrogen (secondary N) is 1. The summed E-state index contributed by atoms with van der Waals surface area (Å²) in [5.41, 5.74) is 4.88. The fourth-order valence-electron chi connectivity index (χ4n) is 8.03. The van der Waals surface area contributed by atoms with Gasteiger partial charge in [0.05, 0.1) is 33.4 Å². The van der Waals surface area contributed by atoms with Crippen LogP contribution in [0.3, 0.4) is 0 Å². The minimum atomic E-state index is -0.666. The SMILES string of the molecule is CCC(=CNc1c(F)c(-n2c3ccccc3c3ccc4ccccc4c32)c(C#N)c(-n2c3ccccc3c3ccc4ccccc4c32)c1C#N)CC. The number of benzene rings is 7. The Morgan fingerprint density at radius 3 is 1.54 bits per heavy atom. The van der Waals surface area contributed by atoms with E-state index in [2.05, 4.69) is 73.8 Å². The zero-order valence-corrected chi connectivity index (χ0v) is 28.7. The van der Waals surface area contributed by atoms with Crippen LogP contribution in [0.4, 0.5) is 10.1 Å². The first-order valence-electron chi connectivity index (χ1n) is 17.6. The Hall–Kier alpha value is -6.89. The smallest absolute Gasteiger partial charge is 0.173 e. The third-order valence-electron chi connectivity index (χ3n) is 10.5. The summed E-state index contributed by atoms with van der Waals surface area (Å²) in [7, 11) is 0. The molecule has 0 aliphatic rings. The Morgan fingerprint density at radius 1 is 0.577 bits per heavy atom. The lowest BCUT2D eigenvalue weighted by Crippen LogP contribution is -2.13. The van der Waals surface area contributed by atoms with Crippen molar-refractivity contribution >= 4 is 70.8 Å². The minimum absolute atomic E-state index is 0.0308. The van der Waals surface area contributed by atoms with Crippen molar-refractivity contribution in [2.45, 2.75) is 26.7 Å². The van der Waals surface area contributed by atoms with Gasteiger partial charge in [-0.2, -0.15) is 10.5 Å². The van der Waals surface area contributed by atoms with Gasteiger partial charge in [-0.1, -0.05) is 129 Å². The predicted molar refractivity (Wildman–Crippen MR) is 212 cm³/mol. The van der Waals surface area contributed by atoms with Gasteiger partial charge in [0.1, 0.15) is 29.0 Å². The maximum atomic E-state index is 17.9. The number of nitriles is 2. The standard InChI is InChI=1S/C46H32FN5/c1-3-28(4-2)27-50-42-37(25-48)45(51-39-19-11-9-17-33(39)35-23-21-29-13-5-7-15-31(29)43(35)51)38(26-49)46(41(42)47)52-40-20-12-10-18-34(40)36-24-22-30-14-6-8-16-32(30)44(36)52/h5-24,27,50H,3-4H2,1-2H3. The number of fused-ring (bicyclic) bond motifs is 10. The molecule has 0 spiro atoms. The third kappa shape index (κ3) is 4.38. The highest BCUT2D eigenvalue weighted by Crippen LogP contribution is 2.45. The average Bonchev–Trinajstić information content (AvgIpc) is 3.71. The van der Waals surface area contributed by atoms with Crippen molar-refractivity contribution in [2.75, 3.05) is 5.32 Å².